The Kier molecular flexibility index (Phi) is 3.29. The molecular formula is C12H17F2NO3. The van der Waals surface area contributed by atoms with Crippen molar-refractivity contribution in [3.8, 4) is 0 Å². The number of halogens is 2. The van der Waals surface area contributed by atoms with Crippen molar-refractivity contribution in [1.82, 2.24) is 5.32 Å². The molecule has 0 aromatic carbocycles. The molecule has 2 aliphatic rings. The number of nitrogens with one attached hydrogen (secondary N) is 1. The third-order valence-corrected chi connectivity index (χ3v) is 3.96. The van der Waals surface area contributed by atoms with Crippen molar-refractivity contribution < 1.29 is 23.5 Å². The molecule has 18 heavy (non-hydrogen) atoms. The average Bonchev–Trinajstić information content (AvgIpc) is 2.54. The Hall–Kier alpha value is -1.20. The number of carboxylic acids is 1. The van der Waals surface area contributed by atoms with E-state index in [4.69, 9.17) is 5.11 Å². The zero-order valence-electron chi connectivity index (χ0n) is 10.0. The topological polar surface area (TPSA) is 66.4 Å². The summed E-state index contributed by atoms with van der Waals surface area (Å²) in [6.45, 7) is 0. The first kappa shape index (κ1) is 13.2. The van der Waals surface area contributed by atoms with Crippen molar-refractivity contribution in [3.63, 3.8) is 0 Å². The molecule has 1 atom stereocenters. The standard InChI is InChI=1S/C12H17F2NO3/c13-12(14)5-2-8(6-12)10(18)15-11(3-1-4-11)7-9(16)17/h8H,1-7H2,(H,15,18)(H,16,17). The minimum atomic E-state index is -2.75. The van der Waals surface area contributed by atoms with Gasteiger partial charge in [-0.25, -0.2) is 8.78 Å². The molecule has 0 spiro atoms. The van der Waals surface area contributed by atoms with Crippen LogP contribution in [-0.2, 0) is 9.59 Å². The lowest BCUT2D eigenvalue weighted by Crippen LogP contribution is -2.56. The SMILES string of the molecule is O=C(O)CC1(NC(=O)C2CCC(F)(F)C2)CCC1. The third kappa shape index (κ3) is 2.79. The van der Waals surface area contributed by atoms with Crippen molar-refractivity contribution in [1.29, 1.82) is 0 Å². The normalized spacial score (nSPS) is 28.4. The highest BCUT2D eigenvalue weighted by Crippen LogP contribution is 2.40. The Bertz CT molecular complexity index is 366. The minimum absolute atomic E-state index is 0.123. The minimum Gasteiger partial charge on any atom is -0.481 e. The Morgan fingerprint density at radius 2 is 1.94 bits per heavy atom. The molecule has 1 amide bonds. The quantitative estimate of drug-likeness (QED) is 0.812. The number of aliphatic carboxylic acids is 1. The maximum Gasteiger partial charge on any atom is 0.305 e. The second-order valence-electron chi connectivity index (χ2n) is 5.49. The van der Waals surface area contributed by atoms with Crippen molar-refractivity contribution in [2.24, 2.45) is 5.92 Å². The summed E-state index contributed by atoms with van der Waals surface area (Å²) in [7, 11) is 0. The number of hydrogen-bond donors (Lipinski definition) is 2. The molecule has 0 aromatic rings. The highest BCUT2D eigenvalue weighted by molar-refractivity contribution is 5.81. The smallest absolute Gasteiger partial charge is 0.305 e. The van der Waals surface area contributed by atoms with Gasteiger partial charge in [-0.3, -0.25) is 9.59 Å². The molecule has 1 unspecified atom stereocenters. The van der Waals surface area contributed by atoms with E-state index in [1.807, 2.05) is 0 Å². The fourth-order valence-electron chi connectivity index (χ4n) is 2.78. The number of amides is 1. The second kappa shape index (κ2) is 4.48. The summed E-state index contributed by atoms with van der Waals surface area (Å²) in [5.74, 6) is -4.80. The largest absolute Gasteiger partial charge is 0.481 e. The zero-order chi connectivity index (χ0) is 13.4. The molecule has 2 rings (SSSR count). The number of rotatable bonds is 4. The van der Waals surface area contributed by atoms with Gasteiger partial charge in [0.05, 0.1) is 12.0 Å². The van der Waals surface area contributed by atoms with Crippen LogP contribution in [0.1, 0.15) is 44.9 Å². The fraction of sp³-hybridized carbons (Fsp3) is 0.833. The molecule has 6 heteroatoms. The van der Waals surface area contributed by atoms with E-state index in [-0.39, 0.29) is 19.3 Å². The van der Waals surface area contributed by atoms with Crippen LogP contribution in [0.4, 0.5) is 8.78 Å². The third-order valence-electron chi connectivity index (χ3n) is 3.96. The van der Waals surface area contributed by atoms with Gasteiger partial charge < -0.3 is 10.4 Å². The molecule has 0 aliphatic heterocycles. The van der Waals surface area contributed by atoms with E-state index in [9.17, 15) is 18.4 Å². The van der Waals surface area contributed by atoms with Crippen molar-refractivity contribution >= 4 is 11.9 Å². The highest BCUT2D eigenvalue weighted by atomic mass is 19.3. The molecule has 2 N–H and O–H groups in total. The summed E-state index contributed by atoms with van der Waals surface area (Å²) in [5.41, 5.74) is -0.694. The van der Waals surface area contributed by atoms with Gasteiger partial charge in [-0.1, -0.05) is 0 Å². The van der Waals surface area contributed by atoms with Crippen LogP contribution in [-0.4, -0.2) is 28.4 Å². The lowest BCUT2D eigenvalue weighted by atomic mass is 9.74. The molecule has 2 fully saturated rings. The van der Waals surface area contributed by atoms with Gasteiger partial charge in [-0.15, -0.1) is 0 Å². The number of carbonyl (C=O) groups excluding carboxylic acids is 1. The van der Waals surface area contributed by atoms with Crippen molar-refractivity contribution in [3.05, 3.63) is 0 Å². The van der Waals surface area contributed by atoms with Gasteiger partial charge in [0.1, 0.15) is 0 Å². The Balaban J connectivity index is 1.92. The van der Waals surface area contributed by atoms with Gasteiger partial charge >= 0.3 is 5.97 Å². The molecule has 102 valence electrons. The molecule has 0 radical (unpaired) electrons. The van der Waals surface area contributed by atoms with Crippen LogP contribution >= 0.6 is 0 Å². The number of alkyl halides is 2. The lowest BCUT2D eigenvalue weighted by Gasteiger charge is -2.42. The average molecular weight is 261 g/mol. The Morgan fingerprint density at radius 1 is 1.28 bits per heavy atom. The molecule has 0 saturated heterocycles. The van der Waals surface area contributed by atoms with E-state index >= 15 is 0 Å². The molecular weight excluding hydrogens is 244 g/mol. The van der Waals surface area contributed by atoms with Gasteiger partial charge in [-0.2, -0.15) is 0 Å². The van der Waals surface area contributed by atoms with E-state index in [0.717, 1.165) is 6.42 Å². The van der Waals surface area contributed by atoms with Crippen LogP contribution in [0.5, 0.6) is 0 Å². The maximum atomic E-state index is 13.0. The Morgan fingerprint density at radius 3 is 2.33 bits per heavy atom. The summed E-state index contributed by atoms with van der Waals surface area (Å²) < 4.78 is 26.0. The van der Waals surface area contributed by atoms with Gasteiger partial charge in [0, 0.05) is 18.8 Å². The first-order valence-corrected chi connectivity index (χ1v) is 6.24. The Labute approximate surface area is 104 Å². The van der Waals surface area contributed by atoms with E-state index < -0.39 is 35.7 Å². The van der Waals surface area contributed by atoms with Crippen LogP contribution in [0, 0.1) is 5.92 Å². The lowest BCUT2D eigenvalue weighted by molar-refractivity contribution is -0.141. The predicted octanol–water partition coefficient (Wildman–Crippen LogP) is 1.94. The van der Waals surface area contributed by atoms with Crippen LogP contribution in [0.2, 0.25) is 0 Å². The van der Waals surface area contributed by atoms with Gasteiger partial charge in [-0.05, 0) is 25.7 Å². The van der Waals surface area contributed by atoms with Crippen LogP contribution in [0.15, 0.2) is 0 Å². The summed E-state index contributed by atoms with van der Waals surface area (Å²) in [5, 5.41) is 11.5. The van der Waals surface area contributed by atoms with E-state index in [0.29, 0.717) is 12.8 Å². The fourth-order valence-corrected chi connectivity index (χ4v) is 2.78. The van der Waals surface area contributed by atoms with Crippen LogP contribution in [0.25, 0.3) is 0 Å². The summed E-state index contributed by atoms with van der Waals surface area (Å²) in [4.78, 5) is 22.6. The maximum absolute atomic E-state index is 13.0. The van der Waals surface area contributed by atoms with Crippen LogP contribution in [0.3, 0.4) is 0 Å². The highest BCUT2D eigenvalue weighted by Gasteiger charge is 2.46. The summed E-state index contributed by atoms with van der Waals surface area (Å²) in [6.07, 6.45) is 1.50. The van der Waals surface area contributed by atoms with Crippen LogP contribution < -0.4 is 5.32 Å². The molecule has 2 aliphatic carbocycles. The molecule has 0 bridgehead atoms. The van der Waals surface area contributed by atoms with Gasteiger partial charge in [0.15, 0.2) is 0 Å². The number of hydrogen-bond acceptors (Lipinski definition) is 2. The van der Waals surface area contributed by atoms with E-state index in [2.05, 4.69) is 5.32 Å². The molecule has 0 heterocycles. The molecule has 4 nitrogen and oxygen atoms in total. The molecule has 0 aromatic heterocycles. The number of carbonyl (C=O) groups is 2. The number of carboxylic acid groups (broad SMARTS) is 1. The monoisotopic (exact) mass is 261 g/mol. The van der Waals surface area contributed by atoms with E-state index in [1.54, 1.807) is 0 Å². The summed E-state index contributed by atoms with van der Waals surface area (Å²) in [6, 6.07) is 0. The first-order chi connectivity index (χ1) is 8.32. The van der Waals surface area contributed by atoms with Crippen molar-refractivity contribution in [2.45, 2.75) is 56.4 Å². The first-order valence-electron chi connectivity index (χ1n) is 6.24. The summed E-state index contributed by atoms with van der Waals surface area (Å²) >= 11 is 0. The second-order valence-corrected chi connectivity index (χ2v) is 5.49. The van der Waals surface area contributed by atoms with Gasteiger partial charge in [0.2, 0.25) is 11.8 Å². The van der Waals surface area contributed by atoms with Crippen molar-refractivity contribution in [2.75, 3.05) is 0 Å². The zero-order valence-corrected chi connectivity index (χ0v) is 10.0. The van der Waals surface area contributed by atoms with E-state index in [1.165, 1.54) is 0 Å². The molecule has 2 saturated carbocycles. The predicted molar refractivity (Wildman–Crippen MR) is 59.3 cm³/mol. The van der Waals surface area contributed by atoms with Gasteiger partial charge in [0.25, 0.3) is 0 Å².